The van der Waals surface area contributed by atoms with Crippen LogP contribution in [-0.4, -0.2) is 9.97 Å². The van der Waals surface area contributed by atoms with Crippen molar-refractivity contribution in [3.8, 4) is 0 Å². The molecule has 3 N–H and O–H groups in total. The predicted octanol–water partition coefficient (Wildman–Crippen LogP) is 3.26. The molecular formula is C15H14N4. The van der Waals surface area contributed by atoms with Crippen molar-refractivity contribution in [3.63, 3.8) is 0 Å². The minimum absolute atomic E-state index is 0.696. The molecule has 0 fully saturated rings. The lowest BCUT2D eigenvalue weighted by molar-refractivity contribution is 1.20. The van der Waals surface area contributed by atoms with E-state index in [4.69, 9.17) is 5.73 Å². The maximum atomic E-state index is 5.77. The molecule has 3 rings (SSSR count). The van der Waals surface area contributed by atoms with Gasteiger partial charge in [-0.2, -0.15) is 0 Å². The average Bonchev–Trinajstić information content (AvgIpc) is 2.43. The average molecular weight is 250 g/mol. The van der Waals surface area contributed by atoms with E-state index in [0.717, 1.165) is 28.1 Å². The highest BCUT2D eigenvalue weighted by molar-refractivity contribution is 5.91. The highest BCUT2D eigenvalue weighted by Crippen LogP contribution is 2.24. The summed E-state index contributed by atoms with van der Waals surface area (Å²) in [6.07, 6.45) is 1.79. The van der Waals surface area contributed by atoms with Crippen molar-refractivity contribution in [2.45, 2.75) is 6.92 Å². The zero-order valence-corrected chi connectivity index (χ0v) is 10.6. The van der Waals surface area contributed by atoms with Crippen molar-refractivity contribution in [1.82, 2.24) is 9.97 Å². The van der Waals surface area contributed by atoms with Crippen molar-refractivity contribution in [2.24, 2.45) is 0 Å². The molecule has 2 heterocycles. The van der Waals surface area contributed by atoms with Gasteiger partial charge in [0.2, 0.25) is 0 Å². The number of benzene rings is 1. The fourth-order valence-corrected chi connectivity index (χ4v) is 1.98. The number of anilines is 3. The second kappa shape index (κ2) is 4.57. The number of hydrogen-bond donors (Lipinski definition) is 2. The molecule has 0 aliphatic carbocycles. The van der Waals surface area contributed by atoms with Gasteiger partial charge in [0.1, 0.15) is 5.82 Å². The highest BCUT2D eigenvalue weighted by atomic mass is 15.0. The summed E-state index contributed by atoms with van der Waals surface area (Å²) < 4.78 is 0. The van der Waals surface area contributed by atoms with E-state index < -0.39 is 0 Å². The molecule has 19 heavy (non-hydrogen) atoms. The lowest BCUT2D eigenvalue weighted by Gasteiger charge is -2.09. The molecule has 0 aliphatic rings. The zero-order chi connectivity index (χ0) is 13.2. The molecule has 94 valence electrons. The molecule has 0 spiro atoms. The molecule has 4 nitrogen and oxygen atoms in total. The largest absolute Gasteiger partial charge is 0.397 e. The normalized spacial score (nSPS) is 10.6. The number of nitrogens with zero attached hydrogens (tertiary/aromatic N) is 2. The van der Waals surface area contributed by atoms with Crippen molar-refractivity contribution in [2.75, 3.05) is 11.1 Å². The monoisotopic (exact) mass is 250 g/mol. The number of fused-ring (bicyclic) bond motifs is 1. The van der Waals surface area contributed by atoms with Crippen LogP contribution >= 0.6 is 0 Å². The van der Waals surface area contributed by atoms with Gasteiger partial charge in [0.05, 0.1) is 22.6 Å². The first-order chi connectivity index (χ1) is 9.24. The summed E-state index contributed by atoms with van der Waals surface area (Å²) in [4.78, 5) is 8.81. The van der Waals surface area contributed by atoms with Gasteiger partial charge in [-0.3, -0.25) is 4.98 Å². The maximum Gasteiger partial charge on any atom is 0.130 e. The van der Waals surface area contributed by atoms with Crippen LogP contribution < -0.4 is 11.1 Å². The third kappa shape index (κ3) is 2.20. The van der Waals surface area contributed by atoms with E-state index in [-0.39, 0.29) is 0 Å². The van der Waals surface area contributed by atoms with Crippen LogP contribution in [0.3, 0.4) is 0 Å². The molecule has 0 bridgehead atoms. The lowest BCUT2D eigenvalue weighted by Crippen LogP contribution is -1.99. The second-order valence-electron chi connectivity index (χ2n) is 4.38. The first-order valence-corrected chi connectivity index (χ1v) is 6.08. The standard InChI is InChI=1S/C15H14N4/c1-10-12(16)7-8-14(18-10)19-13-6-2-4-11-5-3-9-17-15(11)13/h2-9H,16H2,1H3,(H,18,19). The Morgan fingerprint density at radius 2 is 1.89 bits per heavy atom. The highest BCUT2D eigenvalue weighted by Gasteiger charge is 2.03. The van der Waals surface area contributed by atoms with Gasteiger partial charge in [0, 0.05) is 11.6 Å². The number of aryl methyl sites for hydroxylation is 1. The van der Waals surface area contributed by atoms with Crippen molar-refractivity contribution >= 4 is 28.1 Å². The SMILES string of the molecule is Cc1nc(Nc2cccc3cccnc23)ccc1N. The van der Waals surface area contributed by atoms with Crippen LogP contribution in [0.1, 0.15) is 5.69 Å². The Balaban J connectivity index is 2.03. The van der Waals surface area contributed by atoms with E-state index in [2.05, 4.69) is 15.3 Å². The Kier molecular flexibility index (Phi) is 2.76. The number of nitrogens with one attached hydrogen (secondary N) is 1. The maximum absolute atomic E-state index is 5.77. The summed E-state index contributed by atoms with van der Waals surface area (Å²) >= 11 is 0. The smallest absolute Gasteiger partial charge is 0.130 e. The van der Waals surface area contributed by atoms with Crippen LogP contribution in [-0.2, 0) is 0 Å². The minimum Gasteiger partial charge on any atom is -0.397 e. The Bertz CT molecular complexity index is 732. The molecule has 1 aromatic carbocycles. The molecule has 0 unspecified atom stereocenters. The minimum atomic E-state index is 0.696. The van der Waals surface area contributed by atoms with Gasteiger partial charge in [-0.1, -0.05) is 18.2 Å². The molecule has 0 saturated heterocycles. The third-order valence-electron chi connectivity index (χ3n) is 3.02. The van der Waals surface area contributed by atoms with E-state index in [1.54, 1.807) is 6.20 Å². The molecule has 3 aromatic rings. The zero-order valence-electron chi connectivity index (χ0n) is 10.6. The molecule has 2 aromatic heterocycles. The van der Waals surface area contributed by atoms with Crippen LogP contribution in [0, 0.1) is 6.92 Å². The van der Waals surface area contributed by atoms with Crippen LogP contribution in [0.4, 0.5) is 17.2 Å². The second-order valence-corrected chi connectivity index (χ2v) is 4.38. The first-order valence-electron chi connectivity index (χ1n) is 6.08. The van der Waals surface area contributed by atoms with Crippen LogP contribution in [0.5, 0.6) is 0 Å². The Labute approximate surface area is 111 Å². The van der Waals surface area contributed by atoms with Gasteiger partial charge in [0.15, 0.2) is 0 Å². The molecule has 0 saturated carbocycles. The fraction of sp³-hybridized carbons (Fsp3) is 0.0667. The summed E-state index contributed by atoms with van der Waals surface area (Å²) in [5.41, 5.74) is 9.16. The van der Waals surface area contributed by atoms with Crippen LogP contribution in [0.2, 0.25) is 0 Å². The van der Waals surface area contributed by atoms with E-state index in [9.17, 15) is 0 Å². The van der Waals surface area contributed by atoms with Crippen LogP contribution in [0.25, 0.3) is 10.9 Å². The van der Waals surface area contributed by atoms with E-state index in [1.165, 1.54) is 0 Å². The van der Waals surface area contributed by atoms with Gasteiger partial charge in [-0.05, 0) is 31.2 Å². The Hall–Kier alpha value is -2.62. The van der Waals surface area contributed by atoms with E-state index >= 15 is 0 Å². The fourth-order valence-electron chi connectivity index (χ4n) is 1.98. The number of nitrogen functional groups attached to an aromatic ring is 1. The summed E-state index contributed by atoms with van der Waals surface area (Å²) in [5.74, 6) is 0.768. The quantitative estimate of drug-likeness (QED) is 0.732. The van der Waals surface area contributed by atoms with Crippen molar-refractivity contribution in [3.05, 3.63) is 54.4 Å². The van der Waals surface area contributed by atoms with E-state index in [0.29, 0.717) is 5.69 Å². The molecule has 0 aliphatic heterocycles. The van der Waals surface area contributed by atoms with Gasteiger partial charge < -0.3 is 11.1 Å². The lowest BCUT2D eigenvalue weighted by atomic mass is 10.2. The predicted molar refractivity (Wildman–Crippen MR) is 78.4 cm³/mol. The van der Waals surface area contributed by atoms with Crippen LogP contribution in [0.15, 0.2) is 48.7 Å². The van der Waals surface area contributed by atoms with Gasteiger partial charge in [0.25, 0.3) is 0 Å². The van der Waals surface area contributed by atoms with Crippen molar-refractivity contribution in [1.29, 1.82) is 0 Å². The number of aromatic nitrogens is 2. The number of para-hydroxylation sites is 1. The molecule has 0 amide bonds. The number of nitrogens with two attached hydrogens (primary N) is 1. The molecule has 0 atom stereocenters. The van der Waals surface area contributed by atoms with Gasteiger partial charge >= 0.3 is 0 Å². The Morgan fingerprint density at radius 3 is 2.74 bits per heavy atom. The summed E-state index contributed by atoms with van der Waals surface area (Å²) in [6.45, 7) is 1.89. The van der Waals surface area contributed by atoms with Gasteiger partial charge in [-0.15, -0.1) is 0 Å². The molecular weight excluding hydrogens is 236 g/mol. The molecule has 4 heteroatoms. The number of rotatable bonds is 2. The summed E-state index contributed by atoms with van der Waals surface area (Å²) in [5, 5.41) is 4.38. The summed E-state index contributed by atoms with van der Waals surface area (Å²) in [6, 6.07) is 13.7. The number of pyridine rings is 2. The first kappa shape index (κ1) is 11.5. The van der Waals surface area contributed by atoms with Gasteiger partial charge in [-0.25, -0.2) is 4.98 Å². The van der Waals surface area contributed by atoms with E-state index in [1.807, 2.05) is 49.4 Å². The third-order valence-corrected chi connectivity index (χ3v) is 3.02. The topological polar surface area (TPSA) is 63.8 Å². The number of hydrogen-bond acceptors (Lipinski definition) is 4. The molecule has 0 radical (unpaired) electrons. The summed E-state index contributed by atoms with van der Waals surface area (Å²) in [7, 11) is 0. The van der Waals surface area contributed by atoms with Crippen molar-refractivity contribution < 1.29 is 0 Å². The Morgan fingerprint density at radius 1 is 1.05 bits per heavy atom.